The third kappa shape index (κ3) is 9.02. The summed E-state index contributed by atoms with van der Waals surface area (Å²) in [5.74, 6) is 0.407. The lowest BCUT2D eigenvalue weighted by atomic mass is 9.95. The van der Waals surface area contributed by atoms with Crippen molar-refractivity contribution in [3.63, 3.8) is 0 Å². The van der Waals surface area contributed by atoms with Crippen LogP contribution in [0.4, 0.5) is 5.69 Å². The van der Waals surface area contributed by atoms with Gasteiger partial charge in [-0.1, -0.05) is 83.2 Å². The zero-order valence-electron chi connectivity index (χ0n) is 26.6. The van der Waals surface area contributed by atoms with E-state index in [2.05, 4.69) is 21.2 Å². The Balaban J connectivity index is 1.46. The van der Waals surface area contributed by atoms with Crippen molar-refractivity contribution in [2.45, 2.75) is 69.5 Å². The molecule has 0 spiro atoms. The van der Waals surface area contributed by atoms with E-state index in [9.17, 15) is 18.0 Å². The second-order valence-electron chi connectivity index (χ2n) is 11.9. The summed E-state index contributed by atoms with van der Waals surface area (Å²) in [6.45, 7) is 3.20. The van der Waals surface area contributed by atoms with E-state index in [1.807, 2.05) is 61.5 Å². The van der Waals surface area contributed by atoms with E-state index in [4.69, 9.17) is 4.74 Å². The molecule has 1 aliphatic carbocycles. The molecule has 0 bridgehead atoms. The molecule has 4 aromatic carbocycles. The van der Waals surface area contributed by atoms with E-state index in [1.54, 1.807) is 43.3 Å². The standard InChI is InChI=1S/C37H40BrN3O5S/c1-27-13-23-35(24-14-27)47(44,45)41(32-19-21-34(22-20-32)46-33-11-7-4-8-12-33)26-36(42)40(25-29-15-17-30(38)18-16-29)28(2)37(43)39-31-9-5-3-6-10-31/h4,7-8,11-24,28,31H,3,5-6,9-10,25-26H2,1-2H3,(H,39,43)/t28-/m1/s1. The van der Waals surface area contributed by atoms with Crippen LogP contribution >= 0.6 is 15.9 Å². The van der Waals surface area contributed by atoms with Crippen molar-refractivity contribution in [3.05, 3.63) is 119 Å². The van der Waals surface area contributed by atoms with Crippen molar-refractivity contribution >= 4 is 43.5 Å². The summed E-state index contributed by atoms with van der Waals surface area (Å²) in [5, 5.41) is 3.14. The van der Waals surface area contributed by atoms with Gasteiger partial charge in [0, 0.05) is 17.1 Å². The minimum absolute atomic E-state index is 0.0584. The molecule has 5 rings (SSSR count). The number of nitrogens with zero attached hydrogens (tertiary/aromatic N) is 2. The Morgan fingerprint density at radius 3 is 2.11 bits per heavy atom. The Kier molecular flexibility index (Phi) is 11.4. The van der Waals surface area contributed by atoms with E-state index in [-0.39, 0.29) is 23.4 Å². The lowest BCUT2D eigenvalue weighted by Crippen LogP contribution is -2.53. The van der Waals surface area contributed by atoms with Gasteiger partial charge >= 0.3 is 0 Å². The number of nitrogens with one attached hydrogen (secondary N) is 1. The van der Waals surface area contributed by atoms with Gasteiger partial charge in [-0.2, -0.15) is 0 Å². The monoisotopic (exact) mass is 717 g/mol. The number of hydrogen-bond donors (Lipinski definition) is 1. The van der Waals surface area contributed by atoms with Gasteiger partial charge in [0.05, 0.1) is 10.6 Å². The van der Waals surface area contributed by atoms with Crippen LogP contribution in [0.25, 0.3) is 0 Å². The van der Waals surface area contributed by atoms with Gasteiger partial charge in [0.15, 0.2) is 0 Å². The molecule has 0 saturated heterocycles. The number of sulfonamides is 1. The lowest BCUT2D eigenvalue weighted by molar-refractivity contribution is -0.139. The number of ether oxygens (including phenoxy) is 1. The fourth-order valence-electron chi connectivity index (χ4n) is 5.61. The third-order valence-electron chi connectivity index (χ3n) is 8.38. The molecule has 1 saturated carbocycles. The number of carbonyl (C=O) groups excluding carboxylic acids is 2. The van der Waals surface area contributed by atoms with Crippen LogP contribution in [-0.2, 0) is 26.2 Å². The minimum atomic E-state index is -4.18. The smallest absolute Gasteiger partial charge is 0.264 e. The lowest BCUT2D eigenvalue weighted by Gasteiger charge is -2.33. The van der Waals surface area contributed by atoms with Gasteiger partial charge in [-0.05, 0) is 92.9 Å². The van der Waals surface area contributed by atoms with E-state index in [0.29, 0.717) is 17.2 Å². The maximum atomic E-state index is 14.3. The first kappa shape index (κ1) is 34.2. The van der Waals surface area contributed by atoms with Crippen LogP contribution in [0, 0.1) is 6.92 Å². The highest BCUT2D eigenvalue weighted by atomic mass is 79.9. The molecule has 0 aliphatic heterocycles. The first-order valence-electron chi connectivity index (χ1n) is 15.9. The Bertz CT molecular complexity index is 1740. The molecule has 8 nitrogen and oxygen atoms in total. The molecule has 246 valence electrons. The number of halogens is 1. The molecule has 47 heavy (non-hydrogen) atoms. The first-order valence-corrected chi connectivity index (χ1v) is 18.1. The highest BCUT2D eigenvalue weighted by molar-refractivity contribution is 9.10. The second kappa shape index (κ2) is 15.6. The number of benzene rings is 4. The van der Waals surface area contributed by atoms with Gasteiger partial charge in [-0.3, -0.25) is 13.9 Å². The number of aryl methyl sites for hydroxylation is 1. The number of anilines is 1. The molecular formula is C37H40BrN3O5S. The zero-order chi connectivity index (χ0) is 33.4. The van der Waals surface area contributed by atoms with Crippen molar-refractivity contribution < 1.29 is 22.7 Å². The summed E-state index contributed by atoms with van der Waals surface area (Å²) in [6, 6.07) is 29.1. The molecule has 1 atom stereocenters. The number of amides is 2. The largest absolute Gasteiger partial charge is 0.457 e. The maximum Gasteiger partial charge on any atom is 0.264 e. The maximum absolute atomic E-state index is 14.3. The van der Waals surface area contributed by atoms with Gasteiger partial charge < -0.3 is 15.0 Å². The predicted molar refractivity (Wildman–Crippen MR) is 188 cm³/mol. The fraction of sp³-hybridized carbons (Fsp3) is 0.297. The molecule has 0 radical (unpaired) electrons. The molecule has 0 aromatic heterocycles. The normalized spacial score (nSPS) is 14.2. The van der Waals surface area contributed by atoms with E-state index >= 15 is 0 Å². The van der Waals surface area contributed by atoms with Gasteiger partial charge in [-0.25, -0.2) is 8.42 Å². The van der Waals surface area contributed by atoms with Gasteiger partial charge in [0.25, 0.3) is 10.0 Å². The average molecular weight is 719 g/mol. The first-order chi connectivity index (χ1) is 22.6. The quantitative estimate of drug-likeness (QED) is 0.163. The third-order valence-corrected chi connectivity index (χ3v) is 10.7. The Hall–Kier alpha value is -4.15. The van der Waals surface area contributed by atoms with Crippen LogP contribution in [0.1, 0.15) is 50.2 Å². The second-order valence-corrected chi connectivity index (χ2v) is 14.7. The molecule has 1 aliphatic rings. The molecule has 4 aromatic rings. The number of para-hydroxylation sites is 1. The summed E-state index contributed by atoms with van der Waals surface area (Å²) in [7, 11) is -4.18. The molecule has 10 heteroatoms. The highest BCUT2D eigenvalue weighted by Crippen LogP contribution is 2.29. The molecule has 0 heterocycles. The number of hydrogen-bond acceptors (Lipinski definition) is 5. The van der Waals surface area contributed by atoms with E-state index in [0.717, 1.165) is 52.0 Å². The Morgan fingerprint density at radius 1 is 0.851 bits per heavy atom. The van der Waals surface area contributed by atoms with Crippen molar-refractivity contribution in [3.8, 4) is 11.5 Å². The highest BCUT2D eigenvalue weighted by Gasteiger charge is 2.33. The summed E-state index contributed by atoms with van der Waals surface area (Å²) >= 11 is 3.45. The van der Waals surface area contributed by atoms with Crippen molar-refractivity contribution in [1.29, 1.82) is 0 Å². The minimum Gasteiger partial charge on any atom is -0.457 e. The summed E-state index contributed by atoms with van der Waals surface area (Å²) in [5.41, 5.74) is 2.02. The molecule has 1 N–H and O–H groups in total. The fourth-order valence-corrected chi connectivity index (χ4v) is 7.29. The van der Waals surface area contributed by atoms with E-state index in [1.165, 1.54) is 17.0 Å². The number of rotatable bonds is 12. The summed E-state index contributed by atoms with van der Waals surface area (Å²) in [6.07, 6.45) is 5.09. The Morgan fingerprint density at radius 2 is 1.47 bits per heavy atom. The number of carbonyl (C=O) groups is 2. The van der Waals surface area contributed by atoms with Crippen molar-refractivity contribution in [2.75, 3.05) is 10.8 Å². The van der Waals surface area contributed by atoms with Crippen LogP contribution in [0.5, 0.6) is 11.5 Å². The molecule has 2 amide bonds. The SMILES string of the molecule is Cc1ccc(S(=O)(=O)N(CC(=O)N(Cc2ccc(Br)cc2)[C@H](C)C(=O)NC2CCCCC2)c2ccc(Oc3ccccc3)cc2)cc1. The van der Waals surface area contributed by atoms with Crippen LogP contribution in [0.3, 0.4) is 0 Å². The summed E-state index contributed by atoms with van der Waals surface area (Å²) < 4.78 is 36.3. The zero-order valence-corrected chi connectivity index (χ0v) is 29.0. The van der Waals surface area contributed by atoms with E-state index < -0.39 is 28.5 Å². The predicted octanol–water partition coefficient (Wildman–Crippen LogP) is 7.61. The Labute approximate surface area is 285 Å². The van der Waals surface area contributed by atoms with Crippen molar-refractivity contribution in [2.24, 2.45) is 0 Å². The molecule has 1 fully saturated rings. The van der Waals surface area contributed by atoms with Gasteiger partial charge in [0.2, 0.25) is 11.8 Å². The van der Waals surface area contributed by atoms with Crippen LogP contribution in [-0.4, -0.2) is 43.8 Å². The average Bonchev–Trinajstić information content (AvgIpc) is 3.08. The van der Waals surface area contributed by atoms with Crippen LogP contribution < -0.4 is 14.4 Å². The van der Waals surface area contributed by atoms with Crippen LogP contribution in [0.2, 0.25) is 0 Å². The van der Waals surface area contributed by atoms with Gasteiger partial charge in [0.1, 0.15) is 24.1 Å². The van der Waals surface area contributed by atoms with Gasteiger partial charge in [-0.15, -0.1) is 0 Å². The van der Waals surface area contributed by atoms with Crippen molar-refractivity contribution in [1.82, 2.24) is 10.2 Å². The summed E-state index contributed by atoms with van der Waals surface area (Å²) in [4.78, 5) is 29.3. The van der Waals surface area contributed by atoms with Crippen LogP contribution in [0.15, 0.2) is 112 Å². The molecule has 0 unspecified atom stereocenters. The molecular weight excluding hydrogens is 678 g/mol. The topological polar surface area (TPSA) is 96.0 Å².